The van der Waals surface area contributed by atoms with Gasteiger partial charge in [-0.2, -0.15) is 11.8 Å². The maximum absolute atomic E-state index is 6.34. The van der Waals surface area contributed by atoms with Gasteiger partial charge in [0.25, 0.3) is 0 Å². The summed E-state index contributed by atoms with van der Waals surface area (Å²) in [6, 6.07) is 0. The van der Waals surface area contributed by atoms with E-state index in [1.807, 2.05) is 0 Å². The van der Waals surface area contributed by atoms with Crippen molar-refractivity contribution < 1.29 is 4.74 Å². The van der Waals surface area contributed by atoms with Crippen LogP contribution in [0.2, 0.25) is 0 Å². The first kappa shape index (κ1) is 15.6. The van der Waals surface area contributed by atoms with E-state index in [0.29, 0.717) is 11.3 Å². The molecule has 2 heterocycles. The van der Waals surface area contributed by atoms with E-state index in [4.69, 9.17) is 10.5 Å². The Balaban J connectivity index is 2.32. The number of rotatable bonds is 2. The molecular weight excluding hydrogens is 256 g/mol. The average molecular weight is 286 g/mol. The van der Waals surface area contributed by atoms with Crippen LogP contribution in [0.4, 0.5) is 0 Å². The van der Waals surface area contributed by atoms with Gasteiger partial charge in [-0.1, -0.05) is 0 Å². The van der Waals surface area contributed by atoms with Crippen LogP contribution in [0.5, 0.6) is 0 Å². The van der Waals surface area contributed by atoms with E-state index in [2.05, 4.69) is 58.2 Å². The standard InChI is InChI=1S/C15H30N2OS/c1-12(2)9-15(10-16,14(5,6)18-12)17-7-8-19-13(3,4)11-17/h7-11,16H2,1-6H3. The van der Waals surface area contributed by atoms with Gasteiger partial charge in [-0.3, -0.25) is 4.90 Å². The van der Waals surface area contributed by atoms with Crippen molar-refractivity contribution in [1.29, 1.82) is 0 Å². The van der Waals surface area contributed by atoms with E-state index in [9.17, 15) is 0 Å². The fraction of sp³-hybridized carbons (Fsp3) is 1.00. The normalized spacial score (nSPS) is 37.4. The first-order valence-corrected chi connectivity index (χ1v) is 8.32. The number of thioether (sulfide) groups is 1. The molecule has 0 saturated carbocycles. The molecular formula is C15H30N2OS. The predicted octanol–water partition coefficient (Wildman–Crippen LogP) is 2.49. The van der Waals surface area contributed by atoms with Gasteiger partial charge in [-0.25, -0.2) is 0 Å². The quantitative estimate of drug-likeness (QED) is 0.846. The highest BCUT2D eigenvalue weighted by Gasteiger charge is 2.60. The summed E-state index contributed by atoms with van der Waals surface area (Å²) in [6.45, 7) is 16.4. The molecule has 0 amide bonds. The van der Waals surface area contributed by atoms with Crippen LogP contribution in [-0.2, 0) is 4.74 Å². The van der Waals surface area contributed by atoms with Gasteiger partial charge in [0, 0.05) is 30.1 Å². The lowest BCUT2D eigenvalue weighted by Gasteiger charge is -2.52. The highest BCUT2D eigenvalue weighted by atomic mass is 32.2. The van der Waals surface area contributed by atoms with E-state index in [1.165, 1.54) is 5.75 Å². The molecule has 2 rings (SSSR count). The third kappa shape index (κ3) is 2.69. The molecule has 0 spiro atoms. The second-order valence-electron chi connectivity index (χ2n) is 7.81. The van der Waals surface area contributed by atoms with Crippen molar-refractivity contribution in [2.75, 3.05) is 25.4 Å². The van der Waals surface area contributed by atoms with Crippen LogP contribution < -0.4 is 5.73 Å². The molecule has 1 unspecified atom stereocenters. The van der Waals surface area contributed by atoms with Gasteiger partial charge in [0.2, 0.25) is 0 Å². The zero-order valence-electron chi connectivity index (χ0n) is 13.4. The summed E-state index contributed by atoms with van der Waals surface area (Å²) >= 11 is 2.07. The van der Waals surface area contributed by atoms with Crippen LogP contribution >= 0.6 is 11.8 Å². The third-order valence-corrected chi connectivity index (χ3v) is 6.04. The van der Waals surface area contributed by atoms with Crippen molar-refractivity contribution in [2.24, 2.45) is 5.73 Å². The molecule has 0 aromatic rings. The van der Waals surface area contributed by atoms with Crippen LogP contribution in [0.1, 0.15) is 48.0 Å². The minimum Gasteiger partial charge on any atom is -0.368 e. The lowest BCUT2D eigenvalue weighted by molar-refractivity contribution is -0.104. The molecule has 2 aliphatic heterocycles. The summed E-state index contributed by atoms with van der Waals surface area (Å²) in [7, 11) is 0. The summed E-state index contributed by atoms with van der Waals surface area (Å²) in [4.78, 5) is 2.61. The molecule has 112 valence electrons. The van der Waals surface area contributed by atoms with Crippen molar-refractivity contribution in [2.45, 2.75) is 69.5 Å². The zero-order chi connectivity index (χ0) is 14.5. The first-order chi connectivity index (χ1) is 8.54. The SMILES string of the molecule is CC1(C)CC(CN)(N2CCSC(C)(C)C2)C(C)(C)O1. The molecule has 4 heteroatoms. The minimum atomic E-state index is -0.191. The van der Waals surface area contributed by atoms with Crippen LogP contribution in [-0.4, -0.2) is 51.8 Å². The minimum absolute atomic E-state index is 0.0330. The molecule has 2 saturated heterocycles. The first-order valence-electron chi connectivity index (χ1n) is 7.33. The molecule has 0 aromatic carbocycles. The summed E-state index contributed by atoms with van der Waals surface area (Å²) in [6.07, 6.45) is 1.02. The molecule has 2 fully saturated rings. The van der Waals surface area contributed by atoms with E-state index in [-0.39, 0.29) is 16.7 Å². The Morgan fingerprint density at radius 2 is 1.79 bits per heavy atom. The van der Waals surface area contributed by atoms with Gasteiger partial charge in [0.05, 0.1) is 16.7 Å². The van der Waals surface area contributed by atoms with Gasteiger partial charge < -0.3 is 10.5 Å². The molecule has 0 bridgehead atoms. The van der Waals surface area contributed by atoms with Crippen LogP contribution in [0.15, 0.2) is 0 Å². The highest BCUT2D eigenvalue weighted by molar-refractivity contribution is 8.00. The Morgan fingerprint density at radius 3 is 2.21 bits per heavy atom. The van der Waals surface area contributed by atoms with Gasteiger partial charge in [0.1, 0.15) is 0 Å². The second kappa shape index (κ2) is 4.62. The molecule has 2 aliphatic rings. The maximum Gasteiger partial charge on any atom is 0.0830 e. The highest BCUT2D eigenvalue weighted by Crippen LogP contribution is 2.49. The number of hydrogen-bond donors (Lipinski definition) is 1. The molecule has 19 heavy (non-hydrogen) atoms. The number of nitrogens with zero attached hydrogens (tertiary/aromatic N) is 1. The van der Waals surface area contributed by atoms with Gasteiger partial charge in [-0.15, -0.1) is 0 Å². The number of nitrogens with two attached hydrogens (primary N) is 1. The molecule has 0 aliphatic carbocycles. The summed E-state index contributed by atoms with van der Waals surface area (Å²) < 4.78 is 6.64. The lowest BCUT2D eigenvalue weighted by atomic mass is 9.77. The Labute approximate surface area is 122 Å². The number of hydrogen-bond acceptors (Lipinski definition) is 4. The lowest BCUT2D eigenvalue weighted by Crippen LogP contribution is -2.66. The monoisotopic (exact) mass is 286 g/mol. The maximum atomic E-state index is 6.34. The largest absolute Gasteiger partial charge is 0.368 e. The molecule has 3 nitrogen and oxygen atoms in total. The predicted molar refractivity (Wildman–Crippen MR) is 83.8 cm³/mol. The zero-order valence-corrected chi connectivity index (χ0v) is 14.2. The van der Waals surface area contributed by atoms with Crippen LogP contribution in [0, 0.1) is 0 Å². The van der Waals surface area contributed by atoms with Crippen molar-refractivity contribution in [1.82, 2.24) is 4.90 Å². The molecule has 0 radical (unpaired) electrons. The molecule has 0 aromatic heterocycles. The molecule has 1 atom stereocenters. The van der Waals surface area contributed by atoms with Gasteiger partial charge in [0.15, 0.2) is 0 Å². The van der Waals surface area contributed by atoms with Crippen LogP contribution in [0.3, 0.4) is 0 Å². The van der Waals surface area contributed by atoms with E-state index in [0.717, 1.165) is 19.5 Å². The van der Waals surface area contributed by atoms with Crippen molar-refractivity contribution in [3.8, 4) is 0 Å². The smallest absolute Gasteiger partial charge is 0.0830 e. The topological polar surface area (TPSA) is 38.5 Å². The Bertz CT molecular complexity index is 354. The Hall–Kier alpha value is 0.230. The second-order valence-corrected chi connectivity index (χ2v) is 9.62. The van der Waals surface area contributed by atoms with E-state index < -0.39 is 0 Å². The van der Waals surface area contributed by atoms with Crippen molar-refractivity contribution in [3.05, 3.63) is 0 Å². The van der Waals surface area contributed by atoms with E-state index >= 15 is 0 Å². The summed E-state index contributed by atoms with van der Waals surface area (Å²) in [5.74, 6) is 1.19. The van der Waals surface area contributed by atoms with Gasteiger partial charge >= 0.3 is 0 Å². The van der Waals surface area contributed by atoms with Crippen molar-refractivity contribution >= 4 is 11.8 Å². The third-order valence-electron chi connectivity index (χ3n) is 4.74. The average Bonchev–Trinajstić information content (AvgIpc) is 2.42. The summed E-state index contributed by atoms with van der Waals surface area (Å²) in [5.41, 5.74) is 5.95. The Morgan fingerprint density at radius 1 is 1.16 bits per heavy atom. The number of ether oxygens (including phenoxy) is 1. The Kier molecular flexibility index (Phi) is 3.80. The van der Waals surface area contributed by atoms with Crippen molar-refractivity contribution in [3.63, 3.8) is 0 Å². The fourth-order valence-electron chi connectivity index (χ4n) is 4.06. The van der Waals surface area contributed by atoms with E-state index in [1.54, 1.807) is 0 Å². The van der Waals surface area contributed by atoms with Crippen LogP contribution in [0.25, 0.3) is 0 Å². The van der Waals surface area contributed by atoms with Gasteiger partial charge in [-0.05, 0) is 48.0 Å². The molecule has 2 N–H and O–H groups in total. The fourth-order valence-corrected chi connectivity index (χ4v) is 5.17. The summed E-state index contributed by atoms with van der Waals surface area (Å²) in [5, 5.41) is 0.